The minimum atomic E-state index is -1.21. The number of imide groups is 1. The van der Waals surface area contributed by atoms with E-state index in [4.69, 9.17) is 9.47 Å². The van der Waals surface area contributed by atoms with Gasteiger partial charge in [-0.2, -0.15) is 0 Å². The highest BCUT2D eigenvalue weighted by Crippen LogP contribution is 2.33. The molecule has 3 aromatic rings. The highest BCUT2D eigenvalue weighted by atomic mass is 19.1. The molecule has 0 bridgehead atoms. The Morgan fingerprint density at radius 2 is 1.70 bits per heavy atom. The van der Waals surface area contributed by atoms with Gasteiger partial charge in [0.05, 0.1) is 20.8 Å². The van der Waals surface area contributed by atoms with Gasteiger partial charge in [-0.25, -0.2) is 9.18 Å². The summed E-state index contributed by atoms with van der Waals surface area (Å²) in [7, 11) is 2.98. The average Bonchev–Trinajstić information content (AvgIpc) is 2.97. The third kappa shape index (κ3) is 3.22. The Kier molecular flexibility index (Phi) is 4.81. The van der Waals surface area contributed by atoms with Crippen molar-refractivity contribution < 1.29 is 23.5 Å². The van der Waals surface area contributed by atoms with Crippen LogP contribution in [0.15, 0.2) is 54.6 Å². The number of benzene rings is 3. The number of methoxy groups -OCH3 is 2. The molecule has 3 amide bonds. The van der Waals surface area contributed by atoms with E-state index in [1.165, 1.54) is 19.2 Å². The van der Waals surface area contributed by atoms with Crippen LogP contribution >= 0.6 is 0 Å². The normalized spacial score (nSPS) is 18.6. The van der Waals surface area contributed by atoms with E-state index in [0.29, 0.717) is 11.1 Å². The number of carbonyl (C=O) groups excluding carboxylic acids is 2. The molecule has 1 N–H and O–H groups in total. The number of urea groups is 1. The van der Waals surface area contributed by atoms with Crippen molar-refractivity contribution in [2.75, 3.05) is 14.2 Å². The van der Waals surface area contributed by atoms with Crippen molar-refractivity contribution >= 4 is 22.7 Å². The topological polar surface area (TPSA) is 67.9 Å². The van der Waals surface area contributed by atoms with Crippen LogP contribution in [0, 0.1) is 5.82 Å². The van der Waals surface area contributed by atoms with Crippen molar-refractivity contribution in [3.63, 3.8) is 0 Å². The fourth-order valence-corrected chi connectivity index (χ4v) is 3.69. The molecule has 1 atom stereocenters. The summed E-state index contributed by atoms with van der Waals surface area (Å²) in [6.45, 7) is 1.64. The smallest absolute Gasteiger partial charge is 0.325 e. The first-order valence-electron chi connectivity index (χ1n) is 9.40. The number of halogens is 1. The van der Waals surface area contributed by atoms with Crippen molar-refractivity contribution in [1.29, 1.82) is 0 Å². The van der Waals surface area contributed by atoms with Gasteiger partial charge in [-0.05, 0) is 59.2 Å². The van der Waals surface area contributed by atoms with Gasteiger partial charge >= 0.3 is 6.03 Å². The number of nitrogens with zero attached hydrogens (tertiary/aromatic N) is 1. The van der Waals surface area contributed by atoms with Gasteiger partial charge in [0.25, 0.3) is 5.91 Å². The standard InChI is InChI=1S/C23H21FN2O4/c1-23(17-7-5-16-12-18(29-2)8-6-15(16)11-17)21(27)26(22(28)25-23)13-14-4-9-20(30-3)19(24)10-14/h4-12H,13H2,1-3H3,(H,25,28)/t23-/m0/s1. The van der Waals surface area contributed by atoms with E-state index in [1.54, 1.807) is 20.1 Å². The maximum absolute atomic E-state index is 14.0. The SMILES string of the molecule is COc1ccc2cc([C@]3(C)NC(=O)N(Cc4ccc(OC)c(F)c4)C3=O)ccc2c1. The van der Waals surface area contributed by atoms with Gasteiger partial charge in [-0.15, -0.1) is 0 Å². The molecule has 0 spiro atoms. The van der Waals surface area contributed by atoms with Gasteiger partial charge in [0.2, 0.25) is 0 Å². The van der Waals surface area contributed by atoms with Crippen LogP contribution in [0.2, 0.25) is 0 Å². The van der Waals surface area contributed by atoms with E-state index in [0.717, 1.165) is 21.4 Å². The minimum absolute atomic E-state index is 0.0358. The number of hydrogen-bond acceptors (Lipinski definition) is 4. The first kappa shape index (κ1) is 19.7. The molecule has 6 nitrogen and oxygen atoms in total. The van der Waals surface area contributed by atoms with Gasteiger partial charge in [-0.3, -0.25) is 9.69 Å². The van der Waals surface area contributed by atoms with Crippen molar-refractivity contribution in [2.24, 2.45) is 0 Å². The molecule has 0 aromatic heterocycles. The lowest BCUT2D eigenvalue weighted by Crippen LogP contribution is -2.40. The molecular weight excluding hydrogens is 387 g/mol. The van der Waals surface area contributed by atoms with Crippen molar-refractivity contribution in [3.8, 4) is 11.5 Å². The number of amides is 3. The van der Waals surface area contributed by atoms with E-state index >= 15 is 0 Å². The van der Waals surface area contributed by atoms with Crippen LogP contribution in [0.25, 0.3) is 10.8 Å². The predicted molar refractivity (Wildman–Crippen MR) is 110 cm³/mol. The van der Waals surface area contributed by atoms with Crippen LogP contribution < -0.4 is 14.8 Å². The van der Waals surface area contributed by atoms with Gasteiger partial charge in [0, 0.05) is 0 Å². The number of nitrogens with one attached hydrogen (secondary N) is 1. The highest BCUT2D eigenvalue weighted by molar-refractivity contribution is 6.07. The van der Waals surface area contributed by atoms with E-state index in [9.17, 15) is 14.0 Å². The summed E-state index contributed by atoms with van der Waals surface area (Å²) < 4.78 is 24.2. The molecule has 1 fully saturated rings. The lowest BCUT2D eigenvalue weighted by Gasteiger charge is -2.23. The van der Waals surface area contributed by atoms with Gasteiger partial charge in [0.15, 0.2) is 11.6 Å². The van der Waals surface area contributed by atoms with Crippen LogP contribution in [-0.4, -0.2) is 31.1 Å². The Labute approximate surface area is 173 Å². The second-order valence-electron chi connectivity index (χ2n) is 7.34. The first-order valence-corrected chi connectivity index (χ1v) is 9.40. The van der Waals surface area contributed by atoms with Crippen LogP contribution in [0.1, 0.15) is 18.1 Å². The molecule has 1 saturated heterocycles. The van der Waals surface area contributed by atoms with E-state index in [1.807, 2.05) is 36.4 Å². The Balaban J connectivity index is 1.63. The fourth-order valence-electron chi connectivity index (χ4n) is 3.69. The number of rotatable bonds is 5. The minimum Gasteiger partial charge on any atom is -0.497 e. The van der Waals surface area contributed by atoms with E-state index in [2.05, 4.69) is 5.32 Å². The zero-order valence-corrected chi connectivity index (χ0v) is 16.9. The summed E-state index contributed by atoms with van der Waals surface area (Å²) in [5.41, 5.74) is -0.0514. The fraction of sp³-hybridized carbons (Fsp3) is 0.217. The second kappa shape index (κ2) is 7.33. The summed E-state index contributed by atoms with van der Waals surface area (Å²) in [4.78, 5) is 26.9. The highest BCUT2D eigenvalue weighted by Gasteiger charge is 2.49. The quantitative estimate of drug-likeness (QED) is 0.649. The summed E-state index contributed by atoms with van der Waals surface area (Å²) in [6, 6.07) is 15.1. The predicted octanol–water partition coefficient (Wildman–Crippen LogP) is 3.96. The Hall–Kier alpha value is -3.61. The molecule has 1 aliphatic heterocycles. The molecule has 0 radical (unpaired) electrons. The van der Waals surface area contributed by atoms with Gasteiger partial charge < -0.3 is 14.8 Å². The average molecular weight is 408 g/mol. The maximum atomic E-state index is 14.0. The van der Waals surface area contributed by atoms with Gasteiger partial charge in [0.1, 0.15) is 11.3 Å². The number of fused-ring (bicyclic) bond motifs is 1. The van der Waals surface area contributed by atoms with E-state index in [-0.39, 0.29) is 12.3 Å². The molecule has 154 valence electrons. The molecule has 3 aromatic carbocycles. The lowest BCUT2D eigenvalue weighted by molar-refractivity contribution is -0.131. The zero-order valence-electron chi connectivity index (χ0n) is 16.9. The molecular formula is C23H21FN2O4. The molecule has 0 unspecified atom stereocenters. The third-order valence-corrected chi connectivity index (χ3v) is 5.46. The number of hydrogen-bond donors (Lipinski definition) is 1. The monoisotopic (exact) mass is 408 g/mol. The molecule has 0 saturated carbocycles. The van der Waals surface area contributed by atoms with Crippen molar-refractivity contribution in [3.05, 3.63) is 71.5 Å². The molecule has 4 rings (SSSR count). The van der Waals surface area contributed by atoms with Crippen LogP contribution in [0.3, 0.4) is 0 Å². The summed E-state index contributed by atoms with van der Waals surface area (Å²) in [6.07, 6.45) is 0. The van der Waals surface area contributed by atoms with Crippen molar-refractivity contribution in [1.82, 2.24) is 10.2 Å². The summed E-state index contributed by atoms with van der Waals surface area (Å²) in [5, 5.41) is 4.67. The molecule has 1 heterocycles. The molecule has 0 aliphatic carbocycles. The van der Waals surface area contributed by atoms with Crippen molar-refractivity contribution in [2.45, 2.75) is 19.0 Å². The molecule has 1 aliphatic rings. The Bertz CT molecular complexity index is 1160. The largest absolute Gasteiger partial charge is 0.497 e. The zero-order chi connectivity index (χ0) is 21.5. The van der Waals surface area contributed by atoms with Gasteiger partial charge in [-0.1, -0.05) is 24.3 Å². The van der Waals surface area contributed by atoms with Crippen LogP contribution in [0.4, 0.5) is 9.18 Å². The molecule has 30 heavy (non-hydrogen) atoms. The van der Waals surface area contributed by atoms with E-state index < -0.39 is 23.3 Å². The molecule has 7 heteroatoms. The number of carbonyl (C=O) groups is 2. The third-order valence-electron chi connectivity index (χ3n) is 5.46. The van der Waals surface area contributed by atoms with Crippen LogP contribution in [0.5, 0.6) is 11.5 Å². The first-order chi connectivity index (χ1) is 14.4. The van der Waals surface area contributed by atoms with Crippen LogP contribution in [-0.2, 0) is 16.9 Å². The lowest BCUT2D eigenvalue weighted by atomic mass is 9.90. The maximum Gasteiger partial charge on any atom is 0.325 e. The summed E-state index contributed by atoms with van der Waals surface area (Å²) in [5.74, 6) is -0.0930. The second-order valence-corrected chi connectivity index (χ2v) is 7.34. The Morgan fingerprint density at radius 1 is 0.967 bits per heavy atom. The number of ether oxygens (including phenoxy) is 2. The summed E-state index contributed by atoms with van der Waals surface area (Å²) >= 11 is 0. The Morgan fingerprint density at radius 3 is 2.40 bits per heavy atom.